The van der Waals surface area contributed by atoms with Crippen LogP contribution in [0.1, 0.15) is 6.42 Å². The normalized spacial score (nSPS) is 33.0. The van der Waals surface area contributed by atoms with Crippen LogP contribution in [0.15, 0.2) is 0 Å². The van der Waals surface area contributed by atoms with Crippen LogP contribution in [0.3, 0.4) is 0 Å². The number of hydrogen-bond donors (Lipinski definition) is 1. The molecule has 1 aliphatic rings. The fourth-order valence-corrected chi connectivity index (χ4v) is 1.37. The van der Waals surface area contributed by atoms with Gasteiger partial charge >= 0.3 is 0 Å². The number of alkyl halides is 1. The van der Waals surface area contributed by atoms with Crippen LogP contribution in [-0.2, 0) is 0 Å². The number of piperidine rings is 1. The van der Waals surface area contributed by atoms with Gasteiger partial charge in [-0.2, -0.15) is 0 Å². The van der Waals surface area contributed by atoms with Gasteiger partial charge in [0.05, 0.1) is 0 Å². The number of hydrogen-bond acceptors (Lipinski definition) is 2. The third kappa shape index (κ3) is 2.93. The molecule has 0 spiro atoms. The molecular weight excluding hydrogens is 167 g/mol. The molecule has 1 fully saturated rings. The van der Waals surface area contributed by atoms with Crippen molar-refractivity contribution in [1.82, 2.24) is 4.90 Å². The van der Waals surface area contributed by atoms with Crippen LogP contribution < -0.4 is 5.73 Å². The van der Waals surface area contributed by atoms with Gasteiger partial charge in [-0.3, -0.25) is 0 Å². The summed E-state index contributed by atoms with van der Waals surface area (Å²) in [7, 11) is 1.94. The topological polar surface area (TPSA) is 29.3 Å². The van der Waals surface area contributed by atoms with E-state index in [2.05, 4.69) is 0 Å². The molecular formula is C7H16ClFN2. The molecule has 0 aliphatic carbocycles. The van der Waals surface area contributed by atoms with Crippen LogP contribution in [0.25, 0.3) is 0 Å². The Morgan fingerprint density at radius 1 is 1.64 bits per heavy atom. The van der Waals surface area contributed by atoms with Crippen LogP contribution in [-0.4, -0.2) is 37.8 Å². The van der Waals surface area contributed by atoms with Crippen molar-refractivity contribution in [2.24, 2.45) is 11.7 Å². The summed E-state index contributed by atoms with van der Waals surface area (Å²) < 4.78 is 13.0. The average Bonchev–Trinajstić information content (AvgIpc) is 1.88. The number of likely N-dealkylation sites (tertiary alicyclic amines) is 1. The average molecular weight is 183 g/mol. The minimum atomic E-state index is -0.705. The molecule has 2 atom stereocenters. The van der Waals surface area contributed by atoms with E-state index in [0.29, 0.717) is 13.1 Å². The number of nitrogens with zero attached hydrogens (tertiary/aromatic N) is 1. The Balaban J connectivity index is 0.000001000. The molecule has 0 radical (unpaired) electrons. The van der Waals surface area contributed by atoms with E-state index in [9.17, 15) is 4.39 Å². The maximum atomic E-state index is 13.0. The van der Waals surface area contributed by atoms with Gasteiger partial charge in [0.1, 0.15) is 6.17 Å². The highest BCUT2D eigenvalue weighted by Crippen LogP contribution is 2.17. The van der Waals surface area contributed by atoms with Gasteiger partial charge in [-0.25, -0.2) is 4.39 Å². The minimum absolute atomic E-state index is 0. The van der Waals surface area contributed by atoms with Gasteiger partial charge < -0.3 is 10.6 Å². The first kappa shape index (κ1) is 11.1. The van der Waals surface area contributed by atoms with Crippen LogP contribution in [0.4, 0.5) is 4.39 Å². The third-order valence-electron chi connectivity index (χ3n) is 2.18. The minimum Gasteiger partial charge on any atom is -0.330 e. The second-order valence-corrected chi connectivity index (χ2v) is 3.06. The molecule has 0 aromatic carbocycles. The van der Waals surface area contributed by atoms with Gasteiger partial charge in [0.2, 0.25) is 0 Å². The molecule has 4 heteroatoms. The lowest BCUT2D eigenvalue weighted by Gasteiger charge is -2.31. The Morgan fingerprint density at radius 3 is 2.73 bits per heavy atom. The van der Waals surface area contributed by atoms with Crippen molar-refractivity contribution in [3.8, 4) is 0 Å². The van der Waals surface area contributed by atoms with E-state index in [1.54, 1.807) is 0 Å². The summed E-state index contributed by atoms with van der Waals surface area (Å²) in [5.74, 6) is 0.108. The summed E-state index contributed by atoms with van der Waals surface area (Å²) >= 11 is 0. The fraction of sp³-hybridized carbons (Fsp3) is 1.00. The van der Waals surface area contributed by atoms with Crippen LogP contribution in [0, 0.1) is 5.92 Å². The SMILES string of the molecule is CN1CCC(CN)C(F)C1.Cl. The summed E-state index contributed by atoms with van der Waals surface area (Å²) in [6, 6.07) is 0. The highest BCUT2D eigenvalue weighted by atomic mass is 35.5. The van der Waals surface area contributed by atoms with Crippen molar-refractivity contribution < 1.29 is 4.39 Å². The lowest BCUT2D eigenvalue weighted by Crippen LogP contribution is -2.42. The third-order valence-corrected chi connectivity index (χ3v) is 2.18. The molecule has 1 aliphatic heterocycles. The predicted octanol–water partition coefficient (Wildman–Crippen LogP) is 0.657. The van der Waals surface area contributed by atoms with E-state index in [1.165, 1.54) is 0 Å². The number of rotatable bonds is 1. The van der Waals surface area contributed by atoms with Crippen LogP contribution in [0.5, 0.6) is 0 Å². The van der Waals surface area contributed by atoms with Gasteiger partial charge in [0.25, 0.3) is 0 Å². The molecule has 1 saturated heterocycles. The van der Waals surface area contributed by atoms with E-state index in [-0.39, 0.29) is 18.3 Å². The Labute approximate surface area is 73.3 Å². The molecule has 2 nitrogen and oxygen atoms in total. The molecule has 11 heavy (non-hydrogen) atoms. The van der Waals surface area contributed by atoms with E-state index < -0.39 is 6.17 Å². The van der Waals surface area contributed by atoms with Crippen molar-refractivity contribution in [3.63, 3.8) is 0 Å². The van der Waals surface area contributed by atoms with E-state index >= 15 is 0 Å². The Kier molecular flexibility index (Phi) is 4.97. The highest BCUT2D eigenvalue weighted by Gasteiger charge is 2.25. The molecule has 0 saturated carbocycles. The smallest absolute Gasteiger partial charge is 0.117 e. The zero-order chi connectivity index (χ0) is 7.56. The number of nitrogens with two attached hydrogens (primary N) is 1. The molecule has 2 unspecified atom stereocenters. The van der Waals surface area contributed by atoms with Crippen molar-refractivity contribution >= 4 is 12.4 Å². The lowest BCUT2D eigenvalue weighted by atomic mass is 9.96. The zero-order valence-electron chi connectivity index (χ0n) is 6.79. The van der Waals surface area contributed by atoms with Crippen molar-refractivity contribution in [2.75, 3.05) is 26.7 Å². The van der Waals surface area contributed by atoms with Gasteiger partial charge in [0.15, 0.2) is 0 Å². The Bertz CT molecular complexity index is 113. The molecule has 1 heterocycles. The maximum absolute atomic E-state index is 13.0. The van der Waals surface area contributed by atoms with Gasteiger partial charge in [-0.05, 0) is 26.6 Å². The summed E-state index contributed by atoms with van der Waals surface area (Å²) in [6.07, 6.45) is 0.206. The predicted molar refractivity (Wildman–Crippen MR) is 46.8 cm³/mol. The molecule has 0 aromatic heterocycles. The standard InChI is InChI=1S/C7H15FN2.ClH/c1-10-3-2-6(4-9)7(8)5-10;/h6-7H,2-5,9H2,1H3;1H. The summed E-state index contributed by atoms with van der Waals surface area (Å²) in [5, 5.41) is 0. The van der Waals surface area contributed by atoms with Crippen LogP contribution in [0.2, 0.25) is 0 Å². The first-order valence-electron chi connectivity index (χ1n) is 3.76. The van der Waals surface area contributed by atoms with Crippen molar-refractivity contribution in [2.45, 2.75) is 12.6 Å². The first-order valence-corrected chi connectivity index (χ1v) is 3.76. The highest BCUT2D eigenvalue weighted by molar-refractivity contribution is 5.85. The van der Waals surface area contributed by atoms with E-state index in [4.69, 9.17) is 5.73 Å². The van der Waals surface area contributed by atoms with Gasteiger partial charge in [-0.15, -0.1) is 12.4 Å². The Morgan fingerprint density at radius 2 is 2.27 bits per heavy atom. The monoisotopic (exact) mass is 182 g/mol. The largest absolute Gasteiger partial charge is 0.330 e. The molecule has 0 amide bonds. The molecule has 1 rings (SSSR count). The molecule has 68 valence electrons. The first-order chi connectivity index (χ1) is 4.74. The van der Waals surface area contributed by atoms with E-state index in [1.807, 2.05) is 11.9 Å². The van der Waals surface area contributed by atoms with Gasteiger partial charge in [0, 0.05) is 12.5 Å². The summed E-state index contributed by atoms with van der Waals surface area (Å²) in [5.41, 5.74) is 5.38. The zero-order valence-corrected chi connectivity index (χ0v) is 7.61. The van der Waals surface area contributed by atoms with Crippen molar-refractivity contribution in [1.29, 1.82) is 0 Å². The lowest BCUT2D eigenvalue weighted by molar-refractivity contribution is 0.107. The summed E-state index contributed by atoms with van der Waals surface area (Å²) in [4.78, 5) is 2.01. The van der Waals surface area contributed by atoms with Gasteiger partial charge in [-0.1, -0.05) is 0 Å². The second kappa shape index (κ2) is 4.91. The number of halogens is 2. The molecule has 0 aromatic rings. The quantitative estimate of drug-likeness (QED) is 0.646. The molecule has 0 bridgehead atoms. The van der Waals surface area contributed by atoms with Crippen molar-refractivity contribution in [3.05, 3.63) is 0 Å². The fourth-order valence-electron chi connectivity index (χ4n) is 1.37. The Hall–Kier alpha value is 0.140. The van der Waals surface area contributed by atoms with E-state index in [0.717, 1.165) is 13.0 Å². The second-order valence-electron chi connectivity index (χ2n) is 3.06. The maximum Gasteiger partial charge on any atom is 0.117 e. The molecule has 2 N–H and O–H groups in total. The summed E-state index contributed by atoms with van der Waals surface area (Å²) in [6.45, 7) is 2.04. The van der Waals surface area contributed by atoms with Crippen LogP contribution >= 0.6 is 12.4 Å².